The van der Waals surface area contributed by atoms with E-state index < -0.39 is 0 Å². The van der Waals surface area contributed by atoms with Crippen molar-refractivity contribution in [3.8, 4) is 0 Å². The molecule has 6 rings (SSSR count). The number of rotatable bonds is 0. The van der Waals surface area contributed by atoms with Crippen LogP contribution >= 0.6 is 0 Å². The molecule has 1 aliphatic carbocycles. The number of hydrogen-bond donors (Lipinski definition) is 0. The van der Waals surface area contributed by atoms with Crippen molar-refractivity contribution in [1.29, 1.82) is 0 Å². The molecule has 3 heterocycles. The standard InChI is InChI=1S/C21H18N2/c1-3-8-15-13(6-1)16-10-5-11-17-14-7-2-4-9-18(14)21-22-12-19(15)23(21)20(16)17/h2,4-5,7,9-13,15H,1,3,6,8H2. The van der Waals surface area contributed by atoms with Gasteiger partial charge in [0.25, 0.3) is 0 Å². The van der Waals surface area contributed by atoms with Crippen LogP contribution in [0, 0.1) is 0 Å². The third-order valence-corrected chi connectivity index (χ3v) is 6.08. The summed E-state index contributed by atoms with van der Waals surface area (Å²) in [4.78, 5) is 4.86. The second-order valence-electron chi connectivity index (χ2n) is 7.13. The zero-order chi connectivity index (χ0) is 15.0. The smallest absolute Gasteiger partial charge is 0.145 e. The number of nitrogens with zero attached hydrogens (tertiary/aromatic N) is 2. The highest BCUT2D eigenvalue weighted by molar-refractivity contribution is 6.12. The maximum absolute atomic E-state index is 4.86. The van der Waals surface area contributed by atoms with E-state index >= 15 is 0 Å². The van der Waals surface area contributed by atoms with E-state index in [4.69, 9.17) is 4.98 Å². The van der Waals surface area contributed by atoms with E-state index in [1.165, 1.54) is 53.1 Å². The van der Waals surface area contributed by atoms with Gasteiger partial charge in [0.2, 0.25) is 0 Å². The van der Waals surface area contributed by atoms with Gasteiger partial charge < -0.3 is 0 Å². The summed E-state index contributed by atoms with van der Waals surface area (Å²) < 4.78 is 2.47. The summed E-state index contributed by atoms with van der Waals surface area (Å²) in [6, 6.07) is 15.6. The minimum Gasteiger partial charge on any atom is -0.296 e. The van der Waals surface area contributed by atoms with E-state index in [-0.39, 0.29) is 0 Å². The number of imidazole rings is 1. The fourth-order valence-corrected chi connectivity index (χ4v) is 5.15. The molecule has 2 unspecified atom stereocenters. The maximum atomic E-state index is 4.86. The Morgan fingerprint density at radius 2 is 1.61 bits per heavy atom. The van der Waals surface area contributed by atoms with Crippen LogP contribution in [-0.4, -0.2) is 9.38 Å². The fraction of sp³-hybridized carbons (Fsp3) is 0.286. The first kappa shape index (κ1) is 12.1. The Kier molecular flexibility index (Phi) is 2.18. The number of para-hydroxylation sites is 1. The van der Waals surface area contributed by atoms with Gasteiger partial charge in [-0.3, -0.25) is 4.40 Å². The Labute approximate surface area is 134 Å². The molecule has 1 aliphatic heterocycles. The van der Waals surface area contributed by atoms with Crippen molar-refractivity contribution in [3.05, 3.63) is 59.9 Å². The van der Waals surface area contributed by atoms with Crippen molar-refractivity contribution in [3.63, 3.8) is 0 Å². The quantitative estimate of drug-likeness (QED) is 0.397. The van der Waals surface area contributed by atoms with Gasteiger partial charge in [-0.25, -0.2) is 4.98 Å². The number of aromatic nitrogens is 2. The molecular weight excluding hydrogens is 280 g/mol. The van der Waals surface area contributed by atoms with Gasteiger partial charge in [-0.05, 0) is 29.7 Å². The third-order valence-electron chi connectivity index (χ3n) is 6.08. The summed E-state index contributed by atoms with van der Waals surface area (Å²) in [5, 5.41) is 4.00. The SMILES string of the molecule is c1ccc2c(c1)c1cccc3c1n1c(cnc21)C1CCCCC31. The summed E-state index contributed by atoms with van der Waals surface area (Å²) in [5.74, 6) is 1.33. The van der Waals surface area contributed by atoms with Gasteiger partial charge >= 0.3 is 0 Å². The molecule has 1 saturated carbocycles. The van der Waals surface area contributed by atoms with Crippen LogP contribution in [0.3, 0.4) is 0 Å². The van der Waals surface area contributed by atoms with Gasteiger partial charge in [0.05, 0.1) is 5.52 Å². The Morgan fingerprint density at radius 1 is 0.826 bits per heavy atom. The fourth-order valence-electron chi connectivity index (χ4n) is 5.15. The van der Waals surface area contributed by atoms with Crippen molar-refractivity contribution in [2.24, 2.45) is 0 Å². The van der Waals surface area contributed by atoms with Gasteiger partial charge in [-0.15, -0.1) is 0 Å². The lowest BCUT2D eigenvalue weighted by molar-refractivity contribution is 0.375. The molecule has 2 aromatic heterocycles. The molecular formula is C21H18N2. The number of benzene rings is 2. The third kappa shape index (κ3) is 1.38. The molecule has 0 amide bonds. The van der Waals surface area contributed by atoms with Crippen LogP contribution in [0.2, 0.25) is 0 Å². The number of hydrogen-bond acceptors (Lipinski definition) is 1. The minimum absolute atomic E-state index is 0.651. The Balaban J connectivity index is 1.92. The molecule has 0 saturated heterocycles. The van der Waals surface area contributed by atoms with Gasteiger partial charge in [-0.2, -0.15) is 0 Å². The van der Waals surface area contributed by atoms with Crippen LogP contribution in [-0.2, 0) is 0 Å². The molecule has 4 aromatic rings. The molecule has 23 heavy (non-hydrogen) atoms. The highest BCUT2D eigenvalue weighted by atomic mass is 15.0. The molecule has 0 bridgehead atoms. The van der Waals surface area contributed by atoms with Crippen molar-refractivity contribution in [1.82, 2.24) is 9.38 Å². The van der Waals surface area contributed by atoms with Crippen molar-refractivity contribution >= 4 is 27.3 Å². The summed E-state index contributed by atoms with van der Waals surface area (Å²) >= 11 is 0. The first-order chi connectivity index (χ1) is 11.4. The van der Waals surface area contributed by atoms with Gasteiger partial charge in [0, 0.05) is 28.6 Å². The average molecular weight is 298 g/mol. The minimum atomic E-state index is 0.651. The highest BCUT2D eigenvalue weighted by Gasteiger charge is 2.35. The average Bonchev–Trinajstić information content (AvgIpc) is 3.07. The van der Waals surface area contributed by atoms with Crippen LogP contribution in [0.4, 0.5) is 0 Å². The van der Waals surface area contributed by atoms with Crippen LogP contribution in [0.15, 0.2) is 48.7 Å². The second-order valence-corrected chi connectivity index (χ2v) is 7.13. The van der Waals surface area contributed by atoms with E-state index in [2.05, 4.69) is 53.1 Å². The summed E-state index contributed by atoms with van der Waals surface area (Å²) in [7, 11) is 0. The van der Waals surface area contributed by atoms with Crippen LogP contribution < -0.4 is 0 Å². The number of pyridine rings is 1. The molecule has 0 N–H and O–H groups in total. The van der Waals surface area contributed by atoms with Gasteiger partial charge in [0.1, 0.15) is 5.65 Å². The van der Waals surface area contributed by atoms with E-state index in [9.17, 15) is 0 Å². The molecule has 0 spiro atoms. The zero-order valence-corrected chi connectivity index (χ0v) is 13.0. The molecule has 2 heteroatoms. The van der Waals surface area contributed by atoms with E-state index in [1.54, 1.807) is 5.56 Å². The first-order valence-electron chi connectivity index (χ1n) is 8.74. The summed E-state index contributed by atoms with van der Waals surface area (Å²) in [6.45, 7) is 0. The Bertz CT molecular complexity index is 1090. The molecule has 1 fully saturated rings. The molecule has 2 aromatic carbocycles. The largest absolute Gasteiger partial charge is 0.296 e. The molecule has 2 aliphatic rings. The van der Waals surface area contributed by atoms with E-state index in [0.717, 1.165) is 5.65 Å². The first-order valence-corrected chi connectivity index (χ1v) is 8.74. The van der Waals surface area contributed by atoms with Crippen molar-refractivity contribution in [2.45, 2.75) is 37.5 Å². The maximum Gasteiger partial charge on any atom is 0.145 e. The van der Waals surface area contributed by atoms with Gasteiger partial charge in [-0.1, -0.05) is 55.3 Å². The second kappa shape index (κ2) is 4.14. The van der Waals surface area contributed by atoms with Gasteiger partial charge in [0.15, 0.2) is 0 Å². The summed E-state index contributed by atoms with van der Waals surface area (Å²) in [5.41, 5.74) is 5.55. The van der Waals surface area contributed by atoms with Crippen molar-refractivity contribution < 1.29 is 0 Å². The molecule has 112 valence electrons. The molecule has 2 atom stereocenters. The normalized spacial score (nSPS) is 23.0. The Hall–Kier alpha value is -2.35. The Morgan fingerprint density at radius 3 is 2.52 bits per heavy atom. The van der Waals surface area contributed by atoms with E-state index in [0.29, 0.717) is 11.8 Å². The lowest BCUT2D eigenvalue weighted by Crippen LogP contribution is -2.22. The zero-order valence-electron chi connectivity index (χ0n) is 13.0. The lowest BCUT2D eigenvalue weighted by Gasteiger charge is -2.36. The van der Waals surface area contributed by atoms with Crippen LogP contribution in [0.1, 0.15) is 48.8 Å². The van der Waals surface area contributed by atoms with E-state index in [1.807, 2.05) is 0 Å². The van der Waals surface area contributed by atoms with Crippen LogP contribution in [0.5, 0.6) is 0 Å². The molecule has 2 nitrogen and oxygen atoms in total. The topological polar surface area (TPSA) is 17.3 Å². The molecule has 0 radical (unpaired) electrons. The monoisotopic (exact) mass is 298 g/mol. The summed E-state index contributed by atoms with van der Waals surface area (Å²) in [6.07, 6.45) is 7.50. The lowest BCUT2D eigenvalue weighted by atomic mass is 9.72. The van der Waals surface area contributed by atoms with Crippen molar-refractivity contribution in [2.75, 3.05) is 0 Å². The predicted molar refractivity (Wildman–Crippen MR) is 94.2 cm³/mol. The number of fused-ring (bicyclic) bond motifs is 6. The van der Waals surface area contributed by atoms with Crippen LogP contribution in [0.25, 0.3) is 27.3 Å². The predicted octanol–water partition coefficient (Wildman–Crippen LogP) is 5.40. The highest BCUT2D eigenvalue weighted by Crippen LogP contribution is 2.50.